The van der Waals surface area contributed by atoms with E-state index >= 15 is 0 Å². The van der Waals surface area contributed by atoms with Crippen LogP contribution in [0.3, 0.4) is 0 Å². The van der Waals surface area contributed by atoms with Gasteiger partial charge in [0.2, 0.25) is 11.7 Å². The number of nitrogens with two attached hydrogens (primary N) is 1. The largest absolute Gasteiger partial charge is 0.398 e. The summed E-state index contributed by atoms with van der Waals surface area (Å²) in [5.74, 6) is -0.0114. The maximum Gasteiger partial charge on any atom is 0.291 e. The molecular weight excluding hydrogens is 450 g/mol. The molecular formula is C21H20ClN7O2S. The average molecular weight is 470 g/mol. The normalized spacial score (nSPS) is 15.8. The fourth-order valence-electron chi connectivity index (χ4n) is 3.34. The highest BCUT2D eigenvalue weighted by atomic mass is 35.5. The summed E-state index contributed by atoms with van der Waals surface area (Å²) in [6.07, 6.45) is 0.511. The predicted octanol–water partition coefficient (Wildman–Crippen LogP) is 2.41. The molecule has 5 N–H and O–H groups in total. The first kappa shape index (κ1) is 21.8. The number of aromatic amines is 1. The van der Waals surface area contributed by atoms with Crippen LogP contribution < -0.4 is 16.0 Å². The lowest BCUT2D eigenvalue weighted by Crippen LogP contribution is -2.48. The van der Waals surface area contributed by atoms with Crippen molar-refractivity contribution >= 4 is 51.7 Å². The van der Waals surface area contributed by atoms with Gasteiger partial charge in [-0.3, -0.25) is 20.1 Å². The number of fused-ring (bicyclic) bond motifs is 1. The lowest BCUT2D eigenvalue weighted by atomic mass is 10.1. The molecule has 0 radical (unpaired) electrons. The van der Waals surface area contributed by atoms with Gasteiger partial charge in [0, 0.05) is 35.4 Å². The second-order valence-electron chi connectivity index (χ2n) is 7.22. The van der Waals surface area contributed by atoms with Gasteiger partial charge in [-0.2, -0.15) is 0 Å². The Labute approximate surface area is 193 Å². The number of carbonyl (C=O) groups excluding carboxylic acids is 2. The zero-order valence-corrected chi connectivity index (χ0v) is 18.6. The van der Waals surface area contributed by atoms with Gasteiger partial charge in [-0.05, 0) is 17.7 Å². The molecule has 0 spiro atoms. The summed E-state index contributed by atoms with van der Waals surface area (Å²) in [5, 5.41) is 16.9. The highest BCUT2D eigenvalue weighted by Crippen LogP contribution is 2.37. The third-order valence-electron chi connectivity index (χ3n) is 5.02. The highest BCUT2D eigenvalue weighted by molar-refractivity contribution is 7.99. The molecule has 4 rings (SSSR count). The lowest BCUT2D eigenvalue weighted by Gasteiger charge is -2.22. The number of anilines is 2. The first-order chi connectivity index (χ1) is 15.3. The molecule has 0 saturated heterocycles. The molecule has 2 aromatic carbocycles. The maximum absolute atomic E-state index is 13.0. The van der Waals surface area contributed by atoms with Gasteiger partial charge in [0.15, 0.2) is 0 Å². The fourth-order valence-corrected chi connectivity index (χ4v) is 4.63. The number of hydrogen-bond donors (Lipinski definition) is 4. The van der Waals surface area contributed by atoms with Gasteiger partial charge in [-0.15, -0.1) is 16.9 Å². The Morgan fingerprint density at radius 2 is 2.12 bits per heavy atom. The number of nitrogens with zero attached hydrogens (tertiary/aromatic N) is 3. The van der Waals surface area contributed by atoms with Crippen LogP contribution in [-0.2, 0) is 11.2 Å². The van der Waals surface area contributed by atoms with Crippen molar-refractivity contribution in [3.05, 3.63) is 65.2 Å². The molecule has 0 unspecified atom stereocenters. The Balaban J connectivity index is 1.48. The van der Waals surface area contributed by atoms with E-state index in [4.69, 9.17) is 22.7 Å². The monoisotopic (exact) mass is 469 g/mol. The number of halogens is 1. The van der Waals surface area contributed by atoms with E-state index in [9.17, 15) is 9.59 Å². The lowest BCUT2D eigenvalue weighted by molar-refractivity contribution is -0.119. The Morgan fingerprint density at radius 1 is 1.38 bits per heavy atom. The molecule has 1 aliphatic rings. The second kappa shape index (κ2) is 9.01. The predicted molar refractivity (Wildman–Crippen MR) is 125 cm³/mol. The van der Waals surface area contributed by atoms with Crippen molar-refractivity contribution in [3.8, 4) is 0 Å². The molecule has 1 atom stereocenters. The Hall–Kier alpha value is -3.37. The number of nitrogens with one attached hydrogen (secondary N) is 3. The molecule has 0 fully saturated rings. The summed E-state index contributed by atoms with van der Waals surface area (Å²) in [6, 6.07) is 12.2. The minimum absolute atomic E-state index is 0.0275. The molecule has 0 aliphatic carbocycles. The molecule has 0 bridgehead atoms. The highest BCUT2D eigenvalue weighted by Gasteiger charge is 2.31. The van der Waals surface area contributed by atoms with Gasteiger partial charge in [-0.25, -0.2) is 4.98 Å². The van der Waals surface area contributed by atoms with E-state index in [0.29, 0.717) is 34.9 Å². The van der Waals surface area contributed by atoms with Crippen LogP contribution in [0.5, 0.6) is 0 Å². The maximum atomic E-state index is 13.0. The molecule has 9 nitrogen and oxygen atoms in total. The molecule has 11 heteroatoms. The number of likely N-dealkylation sites (N-methyl/N-ethyl adjacent to an activating group) is 1. The van der Waals surface area contributed by atoms with Crippen LogP contribution in [-0.4, -0.2) is 51.0 Å². The SMILES string of the molecule is CN1C(=O)[C@@H](NC(=O)c2n[nH]c(Cc3ccccc3)n2)CSc2cc(N)c(C(=N)Cl)cc21. The number of carbonyl (C=O) groups is 2. The van der Waals surface area contributed by atoms with E-state index in [1.165, 1.54) is 16.7 Å². The quantitative estimate of drug-likeness (QED) is 0.334. The number of nitrogen functional groups attached to an aromatic ring is 1. The van der Waals surface area contributed by atoms with Crippen LogP contribution in [0.4, 0.5) is 11.4 Å². The van der Waals surface area contributed by atoms with Gasteiger partial charge >= 0.3 is 0 Å². The summed E-state index contributed by atoms with van der Waals surface area (Å²) in [5.41, 5.74) is 8.31. The van der Waals surface area contributed by atoms with Crippen LogP contribution in [0, 0.1) is 5.41 Å². The van der Waals surface area contributed by atoms with Crippen LogP contribution >= 0.6 is 23.4 Å². The molecule has 2 heterocycles. The van der Waals surface area contributed by atoms with Gasteiger partial charge in [0.05, 0.1) is 5.69 Å². The van der Waals surface area contributed by atoms with E-state index in [1.807, 2.05) is 30.3 Å². The first-order valence-electron chi connectivity index (χ1n) is 9.68. The Morgan fingerprint density at radius 3 is 2.84 bits per heavy atom. The van der Waals surface area contributed by atoms with Crippen molar-refractivity contribution in [1.82, 2.24) is 20.5 Å². The molecule has 2 amide bonds. The summed E-state index contributed by atoms with van der Waals surface area (Å²) < 4.78 is 0. The smallest absolute Gasteiger partial charge is 0.291 e. The molecule has 1 aromatic heterocycles. The summed E-state index contributed by atoms with van der Waals surface area (Å²) in [4.78, 5) is 32.2. The molecule has 3 aromatic rings. The number of benzene rings is 2. The number of thioether (sulfide) groups is 1. The zero-order valence-electron chi connectivity index (χ0n) is 17.1. The van der Waals surface area contributed by atoms with E-state index in [0.717, 1.165) is 10.5 Å². The van der Waals surface area contributed by atoms with Gasteiger partial charge in [0.1, 0.15) is 17.0 Å². The summed E-state index contributed by atoms with van der Waals surface area (Å²) in [6.45, 7) is 0. The van der Waals surface area contributed by atoms with Crippen molar-refractivity contribution < 1.29 is 9.59 Å². The first-order valence-corrected chi connectivity index (χ1v) is 11.0. The number of amides is 2. The van der Waals surface area contributed by atoms with Crippen LogP contribution in [0.1, 0.15) is 27.6 Å². The van der Waals surface area contributed by atoms with Crippen LogP contribution in [0.15, 0.2) is 47.4 Å². The number of rotatable bonds is 5. The third-order valence-corrected chi connectivity index (χ3v) is 6.36. The third kappa shape index (κ3) is 4.46. The van der Waals surface area contributed by atoms with Crippen molar-refractivity contribution in [1.29, 1.82) is 5.41 Å². The fraction of sp³-hybridized carbons (Fsp3) is 0.190. The number of hydrogen-bond acceptors (Lipinski definition) is 7. The summed E-state index contributed by atoms with van der Waals surface area (Å²) >= 11 is 7.20. The van der Waals surface area contributed by atoms with Crippen molar-refractivity contribution in [3.63, 3.8) is 0 Å². The average Bonchev–Trinajstić information content (AvgIpc) is 3.20. The van der Waals surface area contributed by atoms with Crippen LogP contribution in [0.2, 0.25) is 0 Å². The van der Waals surface area contributed by atoms with E-state index in [1.54, 1.807) is 19.2 Å². The van der Waals surface area contributed by atoms with E-state index in [2.05, 4.69) is 20.5 Å². The zero-order chi connectivity index (χ0) is 22.8. The van der Waals surface area contributed by atoms with Crippen molar-refractivity contribution in [2.45, 2.75) is 17.4 Å². The summed E-state index contributed by atoms with van der Waals surface area (Å²) in [7, 11) is 1.61. The Bertz CT molecular complexity index is 1200. The van der Waals surface area contributed by atoms with Gasteiger partial charge in [0.25, 0.3) is 5.91 Å². The minimum Gasteiger partial charge on any atom is -0.398 e. The minimum atomic E-state index is -0.791. The molecule has 1 aliphatic heterocycles. The van der Waals surface area contributed by atoms with E-state index in [-0.39, 0.29) is 16.9 Å². The molecule has 164 valence electrons. The topological polar surface area (TPSA) is 141 Å². The van der Waals surface area contributed by atoms with Crippen molar-refractivity contribution in [2.24, 2.45) is 0 Å². The number of aromatic nitrogens is 3. The van der Waals surface area contributed by atoms with Gasteiger partial charge < -0.3 is 16.0 Å². The van der Waals surface area contributed by atoms with Gasteiger partial charge in [-0.1, -0.05) is 41.9 Å². The van der Waals surface area contributed by atoms with Crippen molar-refractivity contribution in [2.75, 3.05) is 23.4 Å². The Kier molecular flexibility index (Phi) is 6.15. The molecule has 32 heavy (non-hydrogen) atoms. The molecule has 0 saturated carbocycles. The number of H-pyrrole nitrogens is 1. The standard InChI is InChI=1S/C21H20ClN7O2S/c1-29-15-8-12(18(22)24)13(23)9-16(15)32-10-14(21(29)31)25-20(30)19-26-17(27-28-19)7-11-5-3-2-4-6-11/h2-6,8-9,14,24H,7,10,23H2,1H3,(H,25,30)(H,26,27,28)/t14-/m0/s1. The second-order valence-corrected chi connectivity index (χ2v) is 8.66. The van der Waals surface area contributed by atoms with E-state index < -0.39 is 11.9 Å². The van der Waals surface area contributed by atoms with Crippen LogP contribution in [0.25, 0.3) is 0 Å².